The zero-order valence-electron chi connectivity index (χ0n) is 10.9. The fourth-order valence-corrected chi connectivity index (χ4v) is 2.41. The van der Waals surface area contributed by atoms with Crippen molar-refractivity contribution in [2.24, 2.45) is 0 Å². The van der Waals surface area contributed by atoms with Gasteiger partial charge in [-0.15, -0.1) is 11.3 Å². The van der Waals surface area contributed by atoms with E-state index in [1.807, 2.05) is 0 Å². The van der Waals surface area contributed by atoms with E-state index in [4.69, 9.17) is 11.6 Å². The number of thiophene rings is 1. The Morgan fingerprint density at radius 2 is 2.05 bits per heavy atom. The summed E-state index contributed by atoms with van der Waals surface area (Å²) in [4.78, 5) is 23.9. The Kier molecular flexibility index (Phi) is 5.30. The van der Waals surface area contributed by atoms with Crippen molar-refractivity contribution in [3.8, 4) is 0 Å². The van der Waals surface area contributed by atoms with E-state index in [0.29, 0.717) is 4.88 Å². The topological polar surface area (TPSA) is 58.2 Å². The molecule has 0 aliphatic carbocycles. The molecule has 110 valence electrons. The van der Waals surface area contributed by atoms with Crippen LogP contribution >= 0.6 is 22.9 Å². The molecule has 21 heavy (non-hydrogen) atoms. The van der Waals surface area contributed by atoms with Gasteiger partial charge in [-0.3, -0.25) is 9.59 Å². The average Bonchev–Trinajstić information content (AvgIpc) is 2.98. The molecule has 7 heteroatoms. The van der Waals surface area contributed by atoms with Gasteiger partial charge in [-0.05, 0) is 23.6 Å². The predicted molar refractivity (Wildman–Crippen MR) is 81.3 cm³/mol. The Morgan fingerprint density at radius 1 is 1.24 bits per heavy atom. The van der Waals surface area contributed by atoms with Crippen LogP contribution in [0.5, 0.6) is 0 Å². The van der Waals surface area contributed by atoms with Gasteiger partial charge < -0.3 is 10.6 Å². The van der Waals surface area contributed by atoms with Gasteiger partial charge in [0.15, 0.2) is 5.82 Å². The molecule has 0 bridgehead atoms. The lowest BCUT2D eigenvalue weighted by Gasteiger charge is -2.07. The van der Waals surface area contributed by atoms with Crippen LogP contribution in [0.4, 0.5) is 10.1 Å². The summed E-state index contributed by atoms with van der Waals surface area (Å²) < 4.78 is 13.6. The fraction of sp³-hybridized carbons (Fsp3) is 0.143. The second kappa shape index (κ2) is 7.19. The van der Waals surface area contributed by atoms with Crippen molar-refractivity contribution in [1.29, 1.82) is 0 Å². The van der Waals surface area contributed by atoms with Gasteiger partial charge in [-0.25, -0.2) is 4.39 Å². The van der Waals surface area contributed by atoms with Crippen molar-refractivity contribution in [3.05, 3.63) is 51.4 Å². The minimum Gasteiger partial charge on any atom is -0.351 e. The molecule has 0 saturated heterocycles. The number of hydrogen-bond acceptors (Lipinski definition) is 3. The number of amides is 2. The van der Waals surface area contributed by atoms with Crippen molar-refractivity contribution in [2.45, 2.75) is 6.42 Å². The van der Waals surface area contributed by atoms with Crippen LogP contribution in [0.3, 0.4) is 0 Å². The van der Waals surface area contributed by atoms with Gasteiger partial charge in [0.1, 0.15) is 0 Å². The molecule has 1 aromatic carbocycles. The van der Waals surface area contributed by atoms with Gasteiger partial charge in [0.25, 0.3) is 5.91 Å². The summed E-state index contributed by atoms with van der Waals surface area (Å²) in [6.45, 7) is 0.171. The number of halogens is 2. The number of nitrogens with one attached hydrogen (secondary N) is 2. The van der Waals surface area contributed by atoms with E-state index in [2.05, 4.69) is 10.6 Å². The Balaban J connectivity index is 1.80. The third-order valence-corrected chi connectivity index (χ3v) is 3.77. The van der Waals surface area contributed by atoms with Crippen molar-refractivity contribution in [3.63, 3.8) is 0 Å². The minimum absolute atomic E-state index is 0.0251. The third kappa shape index (κ3) is 4.27. The van der Waals surface area contributed by atoms with E-state index in [1.165, 1.54) is 23.5 Å². The molecule has 0 radical (unpaired) electrons. The number of carbonyl (C=O) groups is 2. The number of carbonyl (C=O) groups excluding carboxylic acids is 2. The third-order valence-electron chi connectivity index (χ3n) is 2.61. The second-order valence-electron chi connectivity index (χ2n) is 4.13. The maximum absolute atomic E-state index is 13.6. The lowest BCUT2D eigenvalue weighted by atomic mass is 10.3. The van der Waals surface area contributed by atoms with Gasteiger partial charge in [0, 0.05) is 13.0 Å². The minimum atomic E-state index is -0.671. The smallest absolute Gasteiger partial charge is 0.261 e. The normalized spacial score (nSPS) is 10.2. The highest BCUT2D eigenvalue weighted by Crippen LogP contribution is 2.21. The second-order valence-corrected chi connectivity index (χ2v) is 5.49. The number of anilines is 1. The monoisotopic (exact) mass is 326 g/mol. The molecule has 2 rings (SSSR count). The molecule has 1 aromatic heterocycles. The van der Waals surface area contributed by atoms with Gasteiger partial charge in [0.05, 0.1) is 15.6 Å². The van der Waals surface area contributed by atoms with Gasteiger partial charge in [-0.1, -0.05) is 23.7 Å². The summed E-state index contributed by atoms with van der Waals surface area (Å²) >= 11 is 6.94. The van der Waals surface area contributed by atoms with Crippen LogP contribution in [-0.4, -0.2) is 18.4 Å². The molecule has 0 saturated carbocycles. The largest absolute Gasteiger partial charge is 0.351 e. The van der Waals surface area contributed by atoms with E-state index in [-0.39, 0.29) is 29.6 Å². The standard InChI is InChI=1S/C14H12ClFN2O2S/c15-9-3-1-4-10(13(9)16)18-12(19)6-7-17-14(20)11-5-2-8-21-11/h1-5,8H,6-7H2,(H,17,20)(H,18,19). The van der Waals surface area contributed by atoms with E-state index in [1.54, 1.807) is 23.6 Å². The molecule has 4 nitrogen and oxygen atoms in total. The van der Waals surface area contributed by atoms with Gasteiger partial charge in [-0.2, -0.15) is 0 Å². The van der Waals surface area contributed by atoms with E-state index < -0.39 is 11.7 Å². The van der Waals surface area contributed by atoms with Crippen LogP contribution in [-0.2, 0) is 4.79 Å². The first-order chi connectivity index (χ1) is 10.1. The van der Waals surface area contributed by atoms with Gasteiger partial charge in [0.2, 0.25) is 5.91 Å². The molecular weight excluding hydrogens is 315 g/mol. The molecule has 0 atom stereocenters. The van der Waals surface area contributed by atoms with Crippen LogP contribution in [0, 0.1) is 5.82 Å². The lowest BCUT2D eigenvalue weighted by molar-refractivity contribution is -0.116. The molecule has 0 unspecified atom stereocenters. The van der Waals surface area contributed by atoms with Crippen LogP contribution in [0.15, 0.2) is 35.7 Å². The van der Waals surface area contributed by atoms with Crippen molar-refractivity contribution < 1.29 is 14.0 Å². The number of rotatable bonds is 5. The fourth-order valence-electron chi connectivity index (χ4n) is 1.60. The molecule has 1 heterocycles. The summed E-state index contributed by atoms with van der Waals surface area (Å²) in [6.07, 6.45) is 0.0447. The van der Waals surface area contributed by atoms with Gasteiger partial charge >= 0.3 is 0 Å². The summed E-state index contributed by atoms with van der Waals surface area (Å²) in [5.41, 5.74) is 0.0251. The zero-order valence-corrected chi connectivity index (χ0v) is 12.4. The Bertz CT molecular complexity index is 646. The molecular formula is C14H12ClFN2O2S. The van der Waals surface area contributed by atoms with Crippen molar-refractivity contribution >= 4 is 40.4 Å². The molecule has 2 amide bonds. The molecule has 0 fully saturated rings. The predicted octanol–water partition coefficient (Wildman–Crippen LogP) is 3.30. The summed E-state index contributed by atoms with van der Waals surface area (Å²) in [5.74, 6) is -1.30. The Labute approximate surface area is 129 Å². The highest BCUT2D eigenvalue weighted by Gasteiger charge is 2.10. The molecule has 2 aromatic rings. The Hall–Kier alpha value is -1.92. The summed E-state index contributed by atoms with van der Waals surface area (Å²) in [7, 11) is 0. The van der Waals surface area contributed by atoms with Crippen LogP contribution < -0.4 is 10.6 Å². The lowest BCUT2D eigenvalue weighted by Crippen LogP contribution is -2.27. The summed E-state index contributed by atoms with van der Waals surface area (Å²) in [6, 6.07) is 7.83. The van der Waals surface area contributed by atoms with Crippen LogP contribution in [0.1, 0.15) is 16.1 Å². The number of hydrogen-bond donors (Lipinski definition) is 2. The highest BCUT2D eigenvalue weighted by atomic mass is 35.5. The van der Waals surface area contributed by atoms with E-state index >= 15 is 0 Å². The Morgan fingerprint density at radius 3 is 2.76 bits per heavy atom. The molecule has 2 N–H and O–H groups in total. The molecule has 0 aliphatic heterocycles. The first kappa shape index (κ1) is 15.5. The zero-order chi connectivity index (χ0) is 15.2. The maximum Gasteiger partial charge on any atom is 0.261 e. The quantitative estimate of drug-likeness (QED) is 0.885. The highest BCUT2D eigenvalue weighted by molar-refractivity contribution is 7.12. The molecule has 0 spiro atoms. The molecule has 0 aliphatic rings. The van der Waals surface area contributed by atoms with Crippen molar-refractivity contribution in [2.75, 3.05) is 11.9 Å². The SMILES string of the molecule is O=C(CCNC(=O)c1cccs1)Nc1cccc(Cl)c1F. The maximum atomic E-state index is 13.6. The van der Waals surface area contributed by atoms with E-state index in [9.17, 15) is 14.0 Å². The number of benzene rings is 1. The average molecular weight is 327 g/mol. The van der Waals surface area contributed by atoms with Crippen molar-refractivity contribution in [1.82, 2.24) is 5.32 Å². The van der Waals surface area contributed by atoms with E-state index in [0.717, 1.165) is 0 Å². The first-order valence-corrected chi connectivity index (χ1v) is 7.39. The first-order valence-electron chi connectivity index (χ1n) is 6.13. The summed E-state index contributed by atoms with van der Waals surface area (Å²) in [5, 5.41) is 6.77. The van der Waals surface area contributed by atoms with Crippen LogP contribution in [0.2, 0.25) is 5.02 Å². The van der Waals surface area contributed by atoms with Crippen LogP contribution in [0.25, 0.3) is 0 Å².